The lowest BCUT2D eigenvalue weighted by atomic mass is 10.1. The first-order chi connectivity index (χ1) is 10.6. The van der Waals surface area contributed by atoms with E-state index in [9.17, 15) is 22.5 Å². The predicted octanol–water partition coefficient (Wildman–Crippen LogP) is 2.23. The minimum Gasteiger partial charge on any atom is -0.858 e. The van der Waals surface area contributed by atoms with Crippen LogP contribution >= 0.6 is 11.6 Å². The molecule has 0 fully saturated rings. The number of nitrogens with zero attached hydrogens (tertiary/aromatic N) is 3. The van der Waals surface area contributed by atoms with Crippen LogP contribution in [0.25, 0.3) is 0 Å². The first kappa shape index (κ1) is 17.4. The maximum absolute atomic E-state index is 12.9. The summed E-state index contributed by atoms with van der Waals surface area (Å²) >= 11 is 5.84. The van der Waals surface area contributed by atoms with Crippen LogP contribution in [0.1, 0.15) is 17.0 Å². The van der Waals surface area contributed by atoms with Crippen molar-refractivity contribution in [2.45, 2.75) is 18.0 Å². The third kappa shape index (κ3) is 3.70. The molecule has 1 heterocycles. The van der Waals surface area contributed by atoms with Gasteiger partial charge in [0.05, 0.1) is 26.3 Å². The number of aryl methyl sites for hydroxylation is 1. The van der Waals surface area contributed by atoms with E-state index in [0.29, 0.717) is 6.07 Å². The summed E-state index contributed by atoms with van der Waals surface area (Å²) in [4.78, 5) is 2.78. The highest BCUT2D eigenvalue weighted by Gasteiger charge is 2.36. The average Bonchev–Trinajstić information content (AvgIpc) is 2.81. The molecule has 1 aromatic heterocycles. The molecule has 0 aliphatic heterocycles. The van der Waals surface area contributed by atoms with Crippen molar-refractivity contribution in [3.05, 3.63) is 34.2 Å². The number of benzene rings is 1. The number of aliphatic imine (C=N–C) groups is 1. The Balaban J connectivity index is 2.59. The Morgan fingerprint density at radius 2 is 2.04 bits per heavy atom. The molecule has 0 saturated carbocycles. The number of rotatable bonds is 3. The van der Waals surface area contributed by atoms with Crippen LogP contribution in [0.5, 0.6) is 0 Å². The van der Waals surface area contributed by atoms with Crippen molar-refractivity contribution in [3.8, 4) is 0 Å². The summed E-state index contributed by atoms with van der Waals surface area (Å²) in [5.41, 5.74) is -1.52. The third-order valence-corrected chi connectivity index (χ3v) is 4.14. The molecule has 0 saturated heterocycles. The highest BCUT2D eigenvalue weighted by Crippen LogP contribution is 2.38. The Morgan fingerprint density at radius 3 is 2.52 bits per heavy atom. The van der Waals surface area contributed by atoms with E-state index in [1.165, 1.54) is 6.92 Å². The van der Waals surface area contributed by atoms with Crippen LogP contribution in [0, 0.1) is 6.92 Å². The summed E-state index contributed by atoms with van der Waals surface area (Å²) in [6.07, 6.45) is -3.73. The molecular weight excluding hydrogens is 359 g/mol. The molecule has 0 bridgehead atoms. The molecule has 0 aliphatic rings. The van der Waals surface area contributed by atoms with Crippen LogP contribution < -0.4 is 5.11 Å². The van der Waals surface area contributed by atoms with Crippen molar-refractivity contribution in [1.29, 1.82) is 0 Å². The van der Waals surface area contributed by atoms with Gasteiger partial charge in [-0.3, -0.25) is 4.21 Å². The number of aromatic nitrogens is 2. The second-order valence-electron chi connectivity index (χ2n) is 4.28. The standard InChI is InChI=1S/C12H9ClF3N3O3S/c1-5-18-19-11(22-5)17-10(20)6-3-4-7(12(14,15)16)9(8(6)13)23(2)21/h3-4H,1-2H3,(H,17,19,20)/p-1. The van der Waals surface area contributed by atoms with Gasteiger partial charge in [0, 0.05) is 24.6 Å². The number of hydrogen-bond acceptors (Lipinski definition) is 6. The molecule has 1 atom stereocenters. The van der Waals surface area contributed by atoms with Gasteiger partial charge in [-0.05, 0) is 6.07 Å². The van der Waals surface area contributed by atoms with Crippen LogP contribution in [0.3, 0.4) is 0 Å². The highest BCUT2D eigenvalue weighted by atomic mass is 35.5. The van der Waals surface area contributed by atoms with E-state index in [1.54, 1.807) is 0 Å². The van der Waals surface area contributed by atoms with Crippen molar-refractivity contribution >= 4 is 34.3 Å². The normalized spacial score (nSPS) is 14.1. The molecule has 0 amide bonds. The molecule has 0 aliphatic carbocycles. The quantitative estimate of drug-likeness (QED) is 0.613. The Morgan fingerprint density at radius 1 is 1.39 bits per heavy atom. The minimum absolute atomic E-state index is 0.158. The second-order valence-corrected chi connectivity index (χ2v) is 5.97. The van der Waals surface area contributed by atoms with Crippen LogP contribution in [0.4, 0.5) is 19.2 Å². The van der Waals surface area contributed by atoms with Gasteiger partial charge in [-0.1, -0.05) is 22.8 Å². The fourth-order valence-electron chi connectivity index (χ4n) is 1.70. The van der Waals surface area contributed by atoms with Gasteiger partial charge in [0.25, 0.3) is 0 Å². The lowest BCUT2D eigenvalue weighted by Crippen LogP contribution is -2.21. The monoisotopic (exact) mass is 366 g/mol. The van der Waals surface area contributed by atoms with E-state index in [4.69, 9.17) is 16.0 Å². The minimum atomic E-state index is -4.76. The Kier molecular flexibility index (Phi) is 4.76. The van der Waals surface area contributed by atoms with Gasteiger partial charge in [-0.15, -0.1) is 5.10 Å². The zero-order valence-corrected chi connectivity index (χ0v) is 13.2. The summed E-state index contributed by atoms with van der Waals surface area (Å²) in [6, 6.07) is 1.13. The summed E-state index contributed by atoms with van der Waals surface area (Å²) < 4.78 is 55.3. The number of alkyl halides is 3. The second kappa shape index (κ2) is 6.28. The van der Waals surface area contributed by atoms with Crippen molar-refractivity contribution in [2.75, 3.05) is 6.26 Å². The molecule has 0 N–H and O–H groups in total. The molecule has 11 heteroatoms. The summed E-state index contributed by atoms with van der Waals surface area (Å²) in [7, 11) is -2.06. The third-order valence-electron chi connectivity index (χ3n) is 2.63. The topological polar surface area (TPSA) is 91.4 Å². The lowest BCUT2D eigenvalue weighted by molar-refractivity contribution is -0.212. The van der Waals surface area contributed by atoms with Gasteiger partial charge in [-0.2, -0.15) is 13.2 Å². The smallest absolute Gasteiger partial charge is 0.417 e. The maximum atomic E-state index is 12.9. The summed E-state index contributed by atoms with van der Waals surface area (Å²) in [5, 5.41) is 18.4. The van der Waals surface area contributed by atoms with E-state index < -0.39 is 38.4 Å². The number of hydrogen-bond donors (Lipinski definition) is 0. The van der Waals surface area contributed by atoms with E-state index in [1.807, 2.05) is 0 Å². The van der Waals surface area contributed by atoms with Gasteiger partial charge >= 0.3 is 12.2 Å². The molecule has 23 heavy (non-hydrogen) atoms. The maximum Gasteiger partial charge on any atom is 0.417 e. The zero-order chi connectivity index (χ0) is 17.4. The van der Waals surface area contributed by atoms with Crippen molar-refractivity contribution in [2.24, 2.45) is 4.99 Å². The average molecular weight is 367 g/mol. The molecule has 2 aromatic rings. The molecule has 124 valence electrons. The first-order valence-corrected chi connectivity index (χ1v) is 7.84. The van der Waals surface area contributed by atoms with Gasteiger partial charge in [0.15, 0.2) is 0 Å². The van der Waals surface area contributed by atoms with Crippen molar-refractivity contribution in [1.82, 2.24) is 10.2 Å². The predicted molar refractivity (Wildman–Crippen MR) is 74.0 cm³/mol. The number of halogens is 4. The van der Waals surface area contributed by atoms with Gasteiger partial charge < -0.3 is 9.52 Å². The van der Waals surface area contributed by atoms with E-state index >= 15 is 0 Å². The fraction of sp³-hybridized carbons (Fsp3) is 0.250. The Hall–Kier alpha value is -1.94. The summed E-state index contributed by atoms with van der Waals surface area (Å²) in [6.45, 7) is 1.47. The molecule has 1 aromatic carbocycles. The highest BCUT2D eigenvalue weighted by molar-refractivity contribution is 7.84. The van der Waals surface area contributed by atoms with Crippen LogP contribution in [-0.2, 0) is 17.0 Å². The molecule has 0 spiro atoms. The van der Waals surface area contributed by atoms with Crippen LogP contribution in [0.15, 0.2) is 26.4 Å². The van der Waals surface area contributed by atoms with Gasteiger partial charge in [-0.25, -0.2) is 4.99 Å². The van der Waals surface area contributed by atoms with E-state index in [-0.39, 0.29) is 17.5 Å². The molecule has 2 rings (SSSR count). The molecular formula is C12H8ClF3N3O3S-. The van der Waals surface area contributed by atoms with Crippen LogP contribution in [-0.4, -0.2) is 26.6 Å². The largest absolute Gasteiger partial charge is 0.858 e. The van der Waals surface area contributed by atoms with Crippen molar-refractivity contribution < 1.29 is 26.9 Å². The first-order valence-electron chi connectivity index (χ1n) is 5.90. The van der Waals surface area contributed by atoms with Gasteiger partial charge in [0.1, 0.15) is 0 Å². The molecule has 1 unspecified atom stereocenters. The van der Waals surface area contributed by atoms with Crippen LogP contribution in [0.2, 0.25) is 5.02 Å². The van der Waals surface area contributed by atoms with Crippen molar-refractivity contribution in [3.63, 3.8) is 0 Å². The van der Waals surface area contributed by atoms with E-state index in [2.05, 4.69) is 15.2 Å². The zero-order valence-electron chi connectivity index (χ0n) is 11.6. The molecule has 0 radical (unpaired) electrons. The molecule has 6 nitrogen and oxygen atoms in total. The Labute approximate surface area is 135 Å². The fourth-order valence-corrected chi connectivity index (χ4v) is 3.13. The van der Waals surface area contributed by atoms with Gasteiger partial charge in [0.2, 0.25) is 5.89 Å². The lowest BCUT2D eigenvalue weighted by Gasteiger charge is -2.18. The summed E-state index contributed by atoms with van der Waals surface area (Å²) in [5.74, 6) is -0.829. The Bertz CT molecular complexity index is 805. The SMILES string of the molecule is Cc1nnc(/N=C(/[O-])c2ccc(C(F)(F)F)c(S(C)=O)c2Cl)o1. The van der Waals surface area contributed by atoms with E-state index in [0.717, 1.165) is 12.3 Å².